The maximum absolute atomic E-state index is 12.3. The topological polar surface area (TPSA) is 59.0 Å². The van der Waals surface area contributed by atoms with Crippen molar-refractivity contribution in [2.24, 2.45) is 0 Å². The lowest BCUT2D eigenvalue weighted by atomic mass is 9.92. The zero-order valence-corrected chi connectivity index (χ0v) is 14.5. The summed E-state index contributed by atoms with van der Waals surface area (Å²) in [7, 11) is 0. The number of aryl methyl sites for hydroxylation is 1. The number of nitrogens with zero attached hydrogens (tertiary/aromatic N) is 2. The van der Waals surface area contributed by atoms with E-state index in [0.717, 1.165) is 25.8 Å². The average Bonchev–Trinajstić information content (AvgIpc) is 3.22. The summed E-state index contributed by atoms with van der Waals surface area (Å²) >= 11 is 1.66. The molecule has 0 spiro atoms. The van der Waals surface area contributed by atoms with Crippen LogP contribution in [0.2, 0.25) is 0 Å². The Labute approximate surface area is 141 Å². The van der Waals surface area contributed by atoms with Crippen molar-refractivity contribution in [2.45, 2.75) is 58.3 Å². The maximum Gasteiger partial charge on any atom is 0.237 e. The molecule has 124 valence electrons. The number of rotatable bonds is 6. The molecule has 0 saturated heterocycles. The van der Waals surface area contributed by atoms with E-state index in [-0.39, 0.29) is 18.0 Å². The summed E-state index contributed by atoms with van der Waals surface area (Å²) in [6, 6.07) is 4.05. The number of aromatic nitrogens is 2. The minimum atomic E-state index is -0.212. The highest BCUT2D eigenvalue weighted by atomic mass is 32.1. The Bertz CT molecular complexity index is 650. The fraction of sp³-hybridized carbons (Fsp3) is 0.529. The summed E-state index contributed by atoms with van der Waals surface area (Å²) in [4.78, 5) is 13.5. The van der Waals surface area contributed by atoms with Crippen LogP contribution >= 0.6 is 11.3 Å². The van der Waals surface area contributed by atoms with Crippen molar-refractivity contribution in [2.75, 3.05) is 0 Å². The number of hydrogen-bond acceptors (Lipinski definition) is 4. The fourth-order valence-electron chi connectivity index (χ4n) is 3.18. The first-order valence-corrected chi connectivity index (χ1v) is 9.17. The van der Waals surface area contributed by atoms with Crippen molar-refractivity contribution in [3.8, 4) is 0 Å². The van der Waals surface area contributed by atoms with Gasteiger partial charge in [-0.25, -0.2) is 0 Å². The van der Waals surface area contributed by atoms with Gasteiger partial charge in [-0.05, 0) is 44.6 Å². The van der Waals surface area contributed by atoms with Gasteiger partial charge in [-0.1, -0.05) is 6.07 Å². The number of thiophene rings is 1. The third kappa shape index (κ3) is 3.64. The van der Waals surface area contributed by atoms with Gasteiger partial charge in [-0.15, -0.1) is 11.3 Å². The van der Waals surface area contributed by atoms with Gasteiger partial charge < -0.3 is 5.32 Å². The second kappa shape index (κ2) is 7.27. The number of hydrogen-bond donors (Lipinski definition) is 2. The first kappa shape index (κ1) is 16.2. The lowest BCUT2D eigenvalue weighted by Gasteiger charge is -2.27. The van der Waals surface area contributed by atoms with E-state index < -0.39 is 0 Å². The molecule has 2 aromatic rings. The summed E-state index contributed by atoms with van der Waals surface area (Å²) in [6.07, 6.45) is 5.25. The number of nitrogens with one attached hydrogen (secondary N) is 2. The molecule has 0 aromatic carbocycles. The molecule has 0 bridgehead atoms. The van der Waals surface area contributed by atoms with Gasteiger partial charge in [0.1, 0.15) is 0 Å². The molecule has 5 nitrogen and oxygen atoms in total. The molecule has 2 atom stereocenters. The van der Waals surface area contributed by atoms with E-state index in [1.165, 1.54) is 16.1 Å². The standard InChI is InChI=1S/C17H24N4OS/c1-3-21-16-8-4-7-15(14(16)11-19-21)20-12(2)17(22)18-10-13-6-5-9-23-13/h5-6,9,11-12,15,20H,3-4,7-8,10H2,1-2H3,(H,18,22). The third-order valence-corrected chi connectivity index (χ3v) is 5.30. The molecule has 0 fully saturated rings. The van der Waals surface area contributed by atoms with Gasteiger partial charge in [0.25, 0.3) is 0 Å². The van der Waals surface area contributed by atoms with Gasteiger partial charge in [0.2, 0.25) is 5.91 Å². The zero-order valence-electron chi connectivity index (χ0n) is 13.7. The third-order valence-electron chi connectivity index (χ3n) is 4.42. The van der Waals surface area contributed by atoms with Crippen LogP contribution in [-0.4, -0.2) is 21.7 Å². The molecule has 2 aromatic heterocycles. The van der Waals surface area contributed by atoms with Crippen molar-refractivity contribution in [3.63, 3.8) is 0 Å². The Kier molecular flexibility index (Phi) is 5.13. The van der Waals surface area contributed by atoms with E-state index in [2.05, 4.69) is 27.3 Å². The van der Waals surface area contributed by atoms with E-state index in [1.807, 2.05) is 30.6 Å². The molecule has 2 heterocycles. The maximum atomic E-state index is 12.3. The molecular weight excluding hydrogens is 308 g/mol. The molecule has 0 radical (unpaired) electrons. The molecule has 2 unspecified atom stereocenters. The highest BCUT2D eigenvalue weighted by Crippen LogP contribution is 2.29. The molecule has 6 heteroatoms. The molecule has 1 aliphatic carbocycles. The number of fused-ring (bicyclic) bond motifs is 1. The van der Waals surface area contributed by atoms with E-state index in [1.54, 1.807) is 11.3 Å². The predicted molar refractivity (Wildman–Crippen MR) is 92.3 cm³/mol. The SMILES string of the molecule is CCn1ncc2c1CCCC2NC(C)C(=O)NCc1cccs1. The fourth-order valence-corrected chi connectivity index (χ4v) is 3.83. The van der Waals surface area contributed by atoms with Gasteiger partial charge in [-0.3, -0.25) is 14.8 Å². The second-order valence-electron chi connectivity index (χ2n) is 5.99. The summed E-state index contributed by atoms with van der Waals surface area (Å²) < 4.78 is 2.07. The Hall–Kier alpha value is -1.66. The number of carbonyl (C=O) groups is 1. The normalized spacial score (nSPS) is 18.4. The van der Waals surface area contributed by atoms with Crippen LogP contribution in [0, 0.1) is 0 Å². The van der Waals surface area contributed by atoms with Crippen LogP contribution in [0.4, 0.5) is 0 Å². The van der Waals surface area contributed by atoms with Gasteiger partial charge in [0, 0.05) is 28.7 Å². The molecule has 1 aliphatic rings. The largest absolute Gasteiger partial charge is 0.350 e. The summed E-state index contributed by atoms with van der Waals surface area (Å²) in [5.41, 5.74) is 2.58. The Balaban J connectivity index is 1.59. The molecule has 2 N–H and O–H groups in total. The van der Waals surface area contributed by atoms with Crippen molar-refractivity contribution < 1.29 is 4.79 Å². The summed E-state index contributed by atoms with van der Waals surface area (Å²) in [6.45, 7) is 5.55. The second-order valence-corrected chi connectivity index (χ2v) is 7.02. The van der Waals surface area contributed by atoms with E-state index in [4.69, 9.17) is 0 Å². The van der Waals surface area contributed by atoms with Gasteiger partial charge >= 0.3 is 0 Å². The van der Waals surface area contributed by atoms with Crippen LogP contribution in [0.25, 0.3) is 0 Å². The number of amides is 1. The summed E-state index contributed by atoms with van der Waals surface area (Å²) in [5, 5.41) is 13.0. The van der Waals surface area contributed by atoms with E-state index >= 15 is 0 Å². The molecular formula is C17H24N4OS. The Morgan fingerprint density at radius 1 is 1.57 bits per heavy atom. The monoisotopic (exact) mass is 332 g/mol. The van der Waals surface area contributed by atoms with Gasteiger partial charge in [-0.2, -0.15) is 5.10 Å². The lowest BCUT2D eigenvalue weighted by Crippen LogP contribution is -2.44. The van der Waals surface area contributed by atoms with Crippen LogP contribution in [0.3, 0.4) is 0 Å². The van der Waals surface area contributed by atoms with Crippen molar-refractivity contribution in [1.29, 1.82) is 0 Å². The van der Waals surface area contributed by atoms with Crippen molar-refractivity contribution in [3.05, 3.63) is 39.8 Å². The highest BCUT2D eigenvalue weighted by molar-refractivity contribution is 7.09. The van der Waals surface area contributed by atoms with Gasteiger partial charge in [0.05, 0.1) is 18.8 Å². The van der Waals surface area contributed by atoms with Crippen LogP contribution in [0.5, 0.6) is 0 Å². The Morgan fingerprint density at radius 2 is 2.43 bits per heavy atom. The minimum absolute atomic E-state index is 0.0495. The van der Waals surface area contributed by atoms with Crippen molar-refractivity contribution in [1.82, 2.24) is 20.4 Å². The highest BCUT2D eigenvalue weighted by Gasteiger charge is 2.26. The smallest absolute Gasteiger partial charge is 0.237 e. The molecule has 23 heavy (non-hydrogen) atoms. The van der Waals surface area contributed by atoms with Gasteiger partial charge in [0.15, 0.2) is 0 Å². The molecule has 3 rings (SSSR count). The van der Waals surface area contributed by atoms with Crippen LogP contribution < -0.4 is 10.6 Å². The predicted octanol–water partition coefficient (Wildman–Crippen LogP) is 2.64. The average molecular weight is 332 g/mol. The van der Waals surface area contributed by atoms with Crippen LogP contribution in [0.15, 0.2) is 23.7 Å². The van der Waals surface area contributed by atoms with E-state index in [9.17, 15) is 4.79 Å². The number of carbonyl (C=O) groups excluding carboxylic acids is 1. The quantitative estimate of drug-likeness (QED) is 0.855. The molecule has 0 saturated carbocycles. The van der Waals surface area contributed by atoms with E-state index in [0.29, 0.717) is 6.54 Å². The Morgan fingerprint density at radius 3 is 3.17 bits per heavy atom. The lowest BCUT2D eigenvalue weighted by molar-refractivity contribution is -0.123. The first-order valence-electron chi connectivity index (χ1n) is 8.29. The zero-order chi connectivity index (χ0) is 16.2. The summed E-state index contributed by atoms with van der Waals surface area (Å²) in [5.74, 6) is 0.0495. The van der Waals surface area contributed by atoms with Crippen LogP contribution in [-0.2, 0) is 24.3 Å². The molecule has 1 amide bonds. The molecule has 0 aliphatic heterocycles. The van der Waals surface area contributed by atoms with Crippen molar-refractivity contribution >= 4 is 17.2 Å². The van der Waals surface area contributed by atoms with Crippen LogP contribution in [0.1, 0.15) is 48.9 Å². The minimum Gasteiger partial charge on any atom is -0.350 e. The first-order chi connectivity index (χ1) is 11.2.